The second-order valence-electron chi connectivity index (χ2n) is 6.98. The van der Waals surface area contributed by atoms with Crippen molar-refractivity contribution in [2.45, 2.75) is 43.2 Å². The van der Waals surface area contributed by atoms with Crippen molar-refractivity contribution in [3.63, 3.8) is 0 Å². The predicted octanol–water partition coefficient (Wildman–Crippen LogP) is -0.367. The second kappa shape index (κ2) is 6.66. The van der Waals surface area contributed by atoms with E-state index < -0.39 is 35.7 Å². The normalized spacial score (nSPS) is 30.1. The highest BCUT2D eigenvalue weighted by Gasteiger charge is 2.58. The summed E-state index contributed by atoms with van der Waals surface area (Å²) in [6, 6.07) is 2.75. The zero-order valence-corrected chi connectivity index (χ0v) is 14.7. The van der Waals surface area contributed by atoms with E-state index in [1.807, 2.05) is 0 Å². The van der Waals surface area contributed by atoms with Crippen LogP contribution in [0.2, 0.25) is 0 Å². The van der Waals surface area contributed by atoms with Crippen molar-refractivity contribution in [2.24, 2.45) is 5.92 Å². The number of nitrogen functional groups attached to an aromatic ring is 1. The van der Waals surface area contributed by atoms with E-state index in [4.69, 9.17) is 15.2 Å². The van der Waals surface area contributed by atoms with Crippen molar-refractivity contribution in [1.29, 1.82) is 5.26 Å². The molecule has 0 radical (unpaired) electrons. The van der Waals surface area contributed by atoms with Crippen molar-refractivity contribution in [3.8, 4) is 6.07 Å². The Hall–Kier alpha value is -2.81. The monoisotopic (exact) mass is 391 g/mol. The fraction of sp³-hybridized carbons (Fsp3) is 0.529. The Morgan fingerprint density at radius 2 is 2.29 bits per heavy atom. The first-order valence-electron chi connectivity index (χ1n) is 8.79. The molecule has 0 amide bonds. The molecule has 4 N–H and O–H groups in total. The number of fused-ring (bicyclic) bond motifs is 1. The van der Waals surface area contributed by atoms with E-state index in [0.29, 0.717) is 0 Å². The smallest absolute Gasteiger partial charge is 0.309 e. The number of ether oxygens (including phenoxy) is 2. The number of anilines is 1. The molecule has 0 bridgehead atoms. The minimum atomic E-state index is -2.14. The average Bonchev–Trinajstić information content (AvgIpc) is 3.09. The average molecular weight is 391 g/mol. The molecule has 4 atom stereocenters. The van der Waals surface area contributed by atoms with E-state index >= 15 is 0 Å². The van der Waals surface area contributed by atoms with Crippen LogP contribution in [0.3, 0.4) is 0 Å². The number of hydrogen-bond acceptors (Lipinski definition) is 9. The van der Waals surface area contributed by atoms with Crippen LogP contribution in [-0.4, -0.2) is 55.7 Å². The summed E-state index contributed by atoms with van der Waals surface area (Å²) in [6.07, 6.45) is -0.947. The number of nitrogens with two attached hydrogens (primary N) is 1. The Morgan fingerprint density at radius 1 is 1.54 bits per heavy atom. The van der Waals surface area contributed by atoms with E-state index in [9.17, 15) is 24.7 Å². The number of halogens is 1. The SMILES string of the molecule is N#C[C@@]1(c2cc(F)c3c(N)ncnn23)O[C@H](COC(=O)C2CCC2)[C@@H](O)[C@H]1O. The third kappa shape index (κ3) is 2.61. The van der Waals surface area contributed by atoms with Crippen molar-refractivity contribution in [3.05, 3.63) is 23.9 Å². The summed E-state index contributed by atoms with van der Waals surface area (Å²) in [5.74, 6) is -1.56. The minimum Gasteiger partial charge on any atom is -0.463 e. The Labute approximate surface area is 158 Å². The maximum atomic E-state index is 14.4. The van der Waals surface area contributed by atoms with Crippen molar-refractivity contribution in [1.82, 2.24) is 14.6 Å². The van der Waals surface area contributed by atoms with E-state index in [1.165, 1.54) is 0 Å². The number of carbonyl (C=O) groups excluding carboxylic acids is 1. The first-order chi connectivity index (χ1) is 13.4. The summed E-state index contributed by atoms with van der Waals surface area (Å²) in [5, 5.41) is 34.6. The molecule has 10 nitrogen and oxygen atoms in total. The number of rotatable bonds is 4. The third-order valence-corrected chi connectivity index (χ3v) is 5.37. The first kappa shape index (κ1) is 18.5. The van der Waals surface area contributed by atoms with Gasteiger partial charge in [0, 0.05) is 6.07 Å². The Bertz CT molecular complexity index is 971. The van der Waals surface area contributed by atoms with Gasteiger partial charge in [-0.15, -0.1) is 0 Å². The predicted molar refractivity (Wildman–Crippen MR) is 89.8 cm³/mol. The van der Waals surface area contributed by atoms with Crippen LogP contribution >= 0.6 is 0 Å². The summed E-state index contributed by atoms with van der Waals surface area (Å²) < 4.78 is 26.2. The molecule has 11 heteroatoms. The van der Waals surface area contributed by atoms with Gasteiger partial charge in [-0.25, -0.2) is 13.9 Å². The molecule has 2 aromatic heterocycles. The van der Waals surface area contributed by atoms with Crippen molar-refractivity contribution < 1.29 is 28.9 Å². The molecule has 4 rings (SSSR count). The second-order valence-corrected chi connectivity index (χ2v) is 6.98. The van der Waals surface area contributed by atoms with Gasteiger partial charge in [-0.1, -0.05) is 6.42 Å². The van der Waals surface area contributed by atoms with Gasteiger partial charge in [0.2, 0.25) is 5.60 Å². The summed E-state index contributed by atoms with van der Waals surface area (Å²) in [5.41, 5.74) is 3.19. The van der Waals surface area contributed by atoms with Crippen LogP contribution in [0.5, 0.6) is 0 Å². The van der Waals surface area contributed by atoms with Gasteiger partial charge in [-0.2, -0.15) is 10.4 Å². The molecule has 0 aromatic carbocycles. The van der Waals surface area contributed by atoms with Crippen molar-refractivity contribution in [2.75, 3.05) is 12.3 Å². The molecule has 1 saturated heterocycles. The highest BCUT2D eigenvalue weighted by atomic mass is 19.1. The molecule has 2 aliphatic rings. The molecule has 1 saturated carbocycles. The summed E-state index contributed by atoms with van der Waals surface area (Å²) in [6.45, 7) is -0.347. The molecule has 28 heavy (non-hydrogen) atoms. The topological polar surface area (TPSA) is 156 Å². The molecule has 148 valence electrons. The first-order valence-corrected chi connectivity index (χ1v) is 8.79. The van der Waals surface area contributed by atoms with Gasteiger partial charge in [0.1, 0.15) is 42.8 Å². The van der Waals surface area contributed by atoms with Gasteiger partial charge in [-0.3, -0.25) is 4.79 Å². The fourth-order valence-electron chi connectivity index (χ4n) is 3.53. The van der Waals surface area contributed by atoms with E-state index in [0.717, 1.165) is 36.2 Å². The molecule has 1 aliphatic carbocycles. The third-order valence-electron chi connectivity index (χ3n) is 5.37. The fourth-order valence-corrected chi connectivity index (χ4v) is 3.53. The summed E-state index contributed by atoms with van der Waals surface area (Å²) >= 11 is 0. The lowest BCUT2D eigenvalue weighted by atomic mass is 9.86. The molecule has 1 aliphatic heterocycles. The van der Waals surface area contributed by atoms with Crippen LogP contribution in [0.15, 0.2) is 12.4 Å². The lowest BCUT2D eigenvalue weighted by Gasteiger charge is -2.25. The van der Waals surface area contributed by atoms with Crippen LogP contribution in [0.25, 0.3) is 5.52 Å². The van der Waals surface area contributed by atoms with Crippen molar-refractivity contribution >= 4 is 17.3 Å². The zero-order chi connectivity index (χ0) is 20.1. The van der Waals surface area contributed by atoms with Gasteiger partial charge < -0.3 is 25.4 Å². The number of aliphatic hydroxyl groups is 2. The lowest BCUT2D eigenvalue weighted by Crippen LogP contribution is -2.41. The molecule has 0 spiro atoms. The molecular formula is C17H18FN5O5. The van der Waals surface area contributed by atoms with Crippen LogP contribution in [0, 0.1) is 23.1 Å². The molecule has 3 heterocycles. The summed E-state index contributed by atoms with van der Waals surface area (Å²) in [4.78, 5) is 15.6. The number of hydrogen-bond donors (Lipinski definition) is 3. The maximum Gasteiger partial charge on any atom is 0.309 e. The van der Waals surface area contributed by atoms with E-state index in [2.05, 4.69) is 10.1 Å². The number of nitrogens with zero attached hydrogens (tertiary/aromatic N) is 4. The standard InChI is InChI=1S/C17H18FN5O5/c18-9-4-11(23-12(9)15(20)21-7-22-23)17(6-19)14(25)13(24)10(28-17)5-27-16(26)8-2-1-3-8/h4,7-8,10,13-14,24-25H,1-3,5H2,(H2,20,21,22)/t10-,13-,14-,17+/m1/s1. The quantitative estimate of drug-likeness (QED) is 0.592. The largest absolute Gasteiger partial charge is 0.463 e. The number of nitriles is 1. The number of aromatic nitrogens is 3. The molecule has 0 unspecified atom stereocenters. The number of aliphatic hydroxyl groups excluding tert-OH is 2. The Kier molecular flexibility index (Phi) is 4.41. The van der Waals surface area contributed by atoms with Gasteiger partial charge in [0.25, 0.3) is 0 Å². The molecule has 2 aromatic rings. The number of esters is 1. The van der Waals surface area contributed by atoms with Gasteiger partial charge in [0.15, 0.2) is 11.6 Å². The van der Waals surface area contributed by atoms with Gasteiger partial charge in [-0.05, 0) is 12.8 Å². The number of carbonyl (C=O) groups is 1. The molecule has 2 fully saturated rings. The van der Waals surface area contributed by atoms with Crippen LogP contribution in [0.4, 0.5) is 10.2 Å². The molecular weight excluding hydrogens is 373 g/mol. The van der Waals surface area contributed by atoms with Gasteiger partial charge in [0.05, 0.1) is 11.6 Å². The highest BCUT2D eigenvalue weighted by molar-refractivity contribution is 5.73. The van der Waals surface area contributed by atoms with E-state index in [-0.39, 0.29) is 29.6 Å². The van der Waals surface area contributed by atoms with Crippen LogP contribution < -0.4 is 5.73 Å². The van der Waals surface area contributed by atoms with Gasteiger partial charge >= 0.3 is 5.97 Å². The zero-order valence-electron chi connectivity index (χ0n) is 14.7. The Morgan fingerprint density at radius 3 is 2.93 bits per heavy atom. The Balaban J connectivity index is 1.65. The van der Waals surface area contributed by atoms with Crippen LogP contribution in [0.1, 0.15) is 25.0 Å². The van der Waals surface area contributed by atoms with Crippen LogP contribution in [-0.2, 0) is 19.9 Å². The van der Waals surface area contributed by atoms with E-state index in [1.54, 1.807) is 6.07 Å². The highest BCUT2D eigenvalue weighted by Crippen LogP contribution is 2.41. The lowest BCUT2D eigenvalue weighted by molar-refractivity contribution is -0.158. The minimum absolute atomic E-state index is 0.157. The summed E-state index contributed by atoms with van der Waals surface area (Å²) in [7, 11) is 0. The maximum absolute atomic E-state index is 14.4.